The third-order valence-electron chi connectivity index (χ3n) is 2.85. The summed E-state index contributed by atoms with van der Waals surface area (Å²) in [5, 5.41) is 3.30. The van der Waals surface area contributed by atoms with Gasteiger partial charge < -0.3 is 10.1 Å². The molecule has 1 N–H and O–H groups in total. The predicted molar refractivity (Wildman–Crippen MR) is 72.5 cm³/mol. The maximum atomic E-state index is 6.03. The van der Waals surface area contributed by atoms with Crippen molar-refractivity contribution in [3.63, 3.8) is 0 Å². The second-order valence-corrected chi connectivity index (χ2v) is 5.00. The van der Waals surface area contributed by atoms with Crippen LogP contribution < -0.4 is 10.1 Å². The first-order valence-corrected chi connectivity index (χ1v) is 6.79. The molecule has 90 valence electrons. The van der Waals surface area contributed by atoms with Gasteiger partial charge in [0.1, 0.15) is 11.9 Å². The molecule has 1 aromatic carbocycles. The number of likely N-dealkylation sites (N-methyl/N-ethyl adjacent to an activating group) is 1. The molecule has 1 heterocycles. The van der Waals surface area contributed by atoms with Crippen molar-refractivity contribution in [2.75, 3.05) is 12.8 Å². The highest BCUT2D eigenvalue weighted by atomic mass is 32.2. The molecule has 0 amide bonds. The molecule has 2 nitrogen and oxygen atoms in total. The van der Waals surface area contributed by atoms with Crippen molar-refractivity contribution in [2.45, 2.75) is 30.4 Å². The lowest BCUT2D eigenvalue weighted by Gasteiger charge is -2.30. The van der Waals surface area contributed by atoms with Crippen LogP contribution in [-0.2, 0) is 0 Å². The molecule has 0 fully saturated rings. The molecule has 0 aliphatic carbocycles. The average molecular weight is 247 g/mol. The van der Waals surface area contributed by atoms with Gasteiger partial charge in [-0.05, 0) is 26.1 Å². The van der Waals surface area contributed by atoms with Gasteiger partial charge in [-0.3, -0.25) is 0 Å². The first-order valence-electron chi connectivity index (χ1n) is 5.80. The summed E-state index contributed by atoms with van der Waals surface area (Å²) in [6, 6.07) is 8.50. The number of para-hydroxylation sites is 1. The van der Waals surface area contributed by atoms with Crippen molar-refractivity contribution in [3.8, 4) is 17.6 Å². The van der Waals surface area contributed by atoms with E-state index in [9.17, 15) is 0 Å². The molecule has 0 aromatic heterocycles. The molecule has 0 saturated carbocycles. The highest BCUT2D eigenvalue weighted by molar-refractivity contribution is 7.99. The number of fused-ring (bicyclic) bond motifs is 1. The number of nitrogens with one attached hydrogen (secondary N) is 1. The van der Waals surface area contributed by atoms with Gasteiger partial charge in [0.2, 0.25) is 0 Å². The summed E-state index contributed by atoms with van der Waals surface area (Å²) in [6.45, 7) is 1.87. The maximum absolute atomic E-state index is 6.03. The van der Waals surface area contributed by atoms with Gasteiger partial charge in [-0.25, -0.2) is 0 Å². The Bertz CT molecular complexity index is 435. The zero-order chi connectivity index (χ0) is 12.1. The molecule has 2 rings (SSSR count). The van der Waals surface area contributed by atoms with E-state index in [0.717, 1.165) is 17.9 Å². The average Bonchev–Trinajstić information content (AvgIpc) is 2.39. The Morgan fingerprint density at radius 1 is 1.53 bits per heavy atom. The number of hydrogen-bond acceptors (Lipinski definition) is 3. The minimum Gasteiger partial charge on any atom is -0.487 e. The topological polar surface area (TPSA) is 21.3 Å². The molecule has 0 saturated heterocycles. The summed E-state index contributed by atoms with van der Waals surface area (Å²) in [5.41, 5.74) is 0. The number of ether oxygens (including phenoxy) is 1. The fourth-order valence-electron chi connectivity index (χ4n) is 1.87. The van der Waals surface area contributed by atoms with Gasteiger partial charge in [0.25, 0.3) is 0 Å². The molecular weight excluding hydrogens is 230 g/mol. The second kappa shape index (κ2) is 6.00. The van der Waals surface area contributed by atoms with E-state index in [4.69, 9.17) is 4.74 Å². The van der Waals surface area contributed by atoms with Crippen molar-refractivity contribution < 1.29 is 4.74 Å². The highest BCUT2D eigenvalue weighted by Gasteiger charge is 2.26. The summed E-state index contributed by atoms with van der Waals surface area (Å²) < 4.78 is 6.03. The van der Waals surface area contributed by atoms with Gasteiger partial charge in [0.05, 0.1) is 6.04 Å². The maximum Gasteiger partial charge on any atom is 0.133 e. The Labute approximate surface area is 107 Å². The minimum absolute atomic E-state index is 0.195. The van der Waals surface area contributed by atoms with Crippen LogP contribution in [0.15, 0.2) is 29.2 Å². The molecule has 2 unspecified atom stereocenters. The third kappa shape index (κ3) is 2.96. The van der Waals surface area contributed by atoms with Crippen LogP contribution >= 0.6 is 11.8 Å². The van der Waals surface area contributed by atoms with E-state index < -0.39 is 0 Å². The van der Waals surface area contributed by atoms with E-state index in [-0.39, 0.29) is 6.10 Å². The van der Waals surface area contributed by atoms with E-state index in [0.29, 0.717) is 6.04 Å². The molecule has 0 bridgehead atoms. The SMILES string of the molecule is CC#CCC(NC)C1CSc2ccccc2O1. The normalized spacial score (nSPS) is 19.5. The van der Waals surface area contributed by atoms with Crippen molar-refractivity contribution in [2.24, 2.45) is 0 Å². The van der Waals surface area contributed by atoms with Gasteiger partial charge >= 0.3 is 0 Å². The molecule has 3 heteroatoms. The summed E-state index contributed by atoms with van der Waals surface area (Å²) in [7, 11) is 1.97. The lowest BCUT2D eigenvalue weighted by Crippen LogP contribution is -2.43. The van der Waals surface area contributed by atoms with Crippen molar-refractivity contribution in [1.82, 2.24) is 5.32 Å². The number of rotatable bonds is 3. The molecule has 1 aromatic rings. The fraction of sp³-hybridized carbons (Fsp3) is 0.429. The van der Waals surface area contributed by atoms with E-state index in [1.54, 1.807) is 0 Å². The van der Waals surface area contributed by atoms with Crippen LogP contribution in [-0.4, -0.2) is 24.9 Å². The first-order chi connectivity index (χ1) is 8.35. The van der Waals surface area contributed by atoms with Crippen LogP contribution in [0.5, 0.6) is 5.75 Å². The molecule has 0 radical (unpaired) electrons. The van der Waals surface area contributed by atoms with Crippen LogP contribution in [0.1, 0.15) is 13.3 Å². The largest absolute Gasteiger partial charge is 0.487 e. The van der Waals surface area contributed by atoms with Crippen LogP contribution in [0.25, 0.3) is 0 Å². The summed E-state index contributed by atoms with van der Waals surface area (Å²) >= 11 is 1.86. The number of benzene rings is 1. The van der Waals surface area contributed by atoms with E-state index in [1.807, 2.05) is 43.9 Å². The molecule has 17 heavy (non-hydrogen) atoms. The standard InChI is InChI=1S/C14H17NOS/c1-3-4-7-11(15-2)13-10-17-14-9-6-5-8-12(14)16-13/h5-6,8-9,11,13,15H,7,10H2,1-2H3. The van der Waals surface area contributed by atoms with Gasteiger partial charge in [-0.1, -0.05) is 12.1 Å². The van der Waals surface area contributed by atoms with Crippen LogP contribution in [0.4, 0.5) is 0 Å². The van der Waals surface area contributed by atoms with Crippen LogP contribution in [0, 0.1) is 11.8 Å². The molecule has 1 aliphatic heterocycles. The molecule has 2 atom stereocenters. The Kier molecular flexibility index (Phi) is 4.36. The predicted octanol–water partition coefficient (Wildman–Crippen LogP) is 2.54. The van der Waals surface area contributed by atoms with E-state index in [2.05, 4.69) is 23.2 Å². The van der Waals surface area contributed by atoms with Gasteiger partial charge in [-0.2, -0.15) is 0 Å². The van der Waals surface area contributed by atoms with E-state index >= 15 is 0 Å². The lowest BCUT2D eigenvalue weighted by molar-refractivity contribution is 0.172. The van der Waals surface area contributed by atoms with Crippen LogP contribution in [0.2, 0.25) is 0 Å². The quantitative estimate of drug-likeness (QED) is 0.829. The minimum atomic E-state index is 0.195. The molecular formula is C14H17NOS. The Hall–Kier alpha value is -1.11. The Balaban J connectivity index is 2.07. The lowest BCUT2D eigenvalue weighted by atomic mass is 10.1. The monoisotopic (exact) mass is 247 g/mol. The molecule has 0 spiro atoms. The number of thioether (sulfide) groups is 1. The zero-order valence-electron chi connectivity index (χ0n) is 10.2. The summed E-state index contributed by atoms with van der Waals surface area (Å²) in [5.74, 6) is 8.04. The third-order valence-corrected chi connectivity index (χ3v) is 3.99. The Morgan fingerprint density at radius 3 is 3.12 bits per heavy atom. The van der Waals surface area contributed by atoms with Crippen molar-refractivity contribution in [3.05, 3.63) is 24.3 Å². The van der Waals surface area contributed by atoms with Crippen molar-refractivity contribution >= 4 is 11.8 Å². The van der Waals surface area contributed by atoms with Crippen molar-refractivity contribution in [1.29, 1.82) is 0 Å². The van der Waals surface area contributed by atoms with Crippen LogP contribution in [0.3, 0.4) is 0 Å². The smallest absolute Gasteiger partial charge is 0.133 e. The first kappa shape index (κ1) is 12.3. The second-order valence-electron chi connectivity index (χ2n) is 3.94. The Morgan fingerprint density at radius 2 is 2.35 bits per heavy atom. The van der Waals surface area contributed by atoms with Gasteiger partial charge in [0, 0.05) is 17.1 Å². The summed E-state index contributed by atoms with van der Waals surface area (Å²) in [4.78, 5) is 1.24. The zero-order valence-corrected chi connectivity index (χ0v) is 11.0. The highest BCUT2D eigenvalue weighted by Crippen LogP contribution is 2.35. The fourth-order valence-corrected chi connectivity index (χ4v) is 2.94. The van der Waals surface area contributed by atoms with Gasteiger partial charge in [0.15, 0.2) is 0 Å². The molecule has 1 aliphatic rings. The van der Waals surface area contributed by atoms with Gasteiger partial charge in [-0.15, -0.1) is 23.6 Å². The summed E-state index contributed by atoms with van der Waals surface area (Å²) in [6.07, 6.45) is 1.03. The number of hydrogen-bond donors (Lipinski definition) is 1. The van der Waals surface area contributed by atoms with E-state index in [1.165, 1.54) is 4.90 Å².